The fourth-order valence-electron chi connectivity index (χ4n) is 5.08. The van der Waals surface area contributed by atoms with Crippen molar-refractivity contribution in [2.24, 2.45) is 5.92 Å². The third-order valence-corrected chi connectivity index (χ3v) is 7.45. The second-order valence-electron chi connectivity index (χ2n) is 9.71. The molecule has 0 amide bonds. The molecule has 1 aliphatic carbocycles. The summed E-state index contributed by atoms with van der Waals surface area (Å²) in [7, 11) is 0. The van der Waals surface area contributed by atoms with Crippen molar-refractivity contribution in [3.05, 3.63) is 53.1 Å². The first kappa shape index (κ1) is 25.6. The van der Waals surface area contributed by atoms with Crippen LogP contribution in [0.4, 0.5) is 16.1 Å². The van der Waals surface area contributed by atoms with Gasteiger partial charge in [-0.3, -0.25) is 9.59 Å². The Kier molecular flexibility index (Phi) is 7.46. The van der Waals surface area contributed by atoms with Crippen molar-refractivity contribution in [1.29, 1.82) is 0 Å². The molecular weight excluding hydrogens is 501 g/mol. The zero-order valence-corrected chi connectivity index (χ0v) is 21.0. The summed E-state index contributed by atoms with van der Waals surface area (Å²) in [5.74, 6) is -4.53. The number of nitrogens with zero attached hydrogens (tertiary/aromatic N) is 2. The van der Waals surface area contributed by atoms with Crippen LogP contribution in [0.15, 0.2) is 46.9 Å². The van der Waals surface area contributed by atoms with Gasteiger partial charge < -0.3 is 19.6 Å². The van der Waals surface area contributed by atoms with Crippen LogP contribution in [0.1, 0.15) is 44.1 Å². The van der Waals surface area contributed by atoms with Crippen molar-refractivity contribution < 1.29 is 28.2 Å². The molecule has 3 aromatic rings. The van der Waals surface area contributed by atoms with Crippen molar-refractivity contribution >= 4 is 46.2 Å². The number of aliphatic carboxylic acids is 1. The second-order valence-corrected chi connectivity index (χ2v) is 10.1. The minimum atomic E-state index is -2.56. The zero-order chi connectivity index (χ0) is 26.0. The number of carboxylic acid groups (broad SMARTS) is 1. The summed E-state index contributed by atoms with van der Waals surface area (Å²) in [4.78, 5) is 30.4. The van der Waals surface area contributed by atoms with Crippen LogP contribution in [0.5, 0.6) is 0 Å². The number of ketones is 1. The van der Waals surface area contributed by atoms with Gasteiger partial charge in [0.2, 0.25) is 5.78 Å². The highest BCUT2D eigenvalue weighted by Crippen LogP contribution is 2.35. The van der Waals surface area contributed by atoms with Crippen LogP contribution in [0.3, 0.4) is 0 Å². The third-order valence-electron chi connectivity index (χ3n) is 7.14. The minimum Gasteiger partial charge on any atom is -0.481 e. The maximum Gasteiger partial charge on any atom is 0.330 e. The second kappa shape index (κ2) is 10.8. The van der Waals surface area contributed by atoms with E-state index in [1.54, 1.807) is 18.2 Å². The summed E-state index contributed by atoms with van der Waals surface area (Å²) in [6, 6.07) is 12.7. The van der Waals surface area contributed by atoms with E-state index in [0.717, 1.165) is 12.8 Å². The Morgan fingerprint density at radius 2 is 1.89 bits per heavy atom. The number of Topliss-reactive ketones (excluding diaryl/α,β-unsaturated/α-hetero) is 1. The fourth-order valence-corrected chi connectivity index (χ4v) is 5.33. The Morgan fingerprint density at radius 1 is 1.16 bits per heavy atom. The number of para-hydroxylation sites is 2. The van der Waals surface area contributed by atoms with Gasteiger partial charge in [-0.2, -0.15) is 9.37 Å². The molecule has 1 unspecified atom stereocenters. The number of aromatic nitrogens is 1. The molecule has 1 saturated carbocycles. The largest absolute Gasteiger partial charge is 0.481 e. The number of alkyl halides is 1. The van der Waals surface area contributed by atoms with E-state index in [4.69, 9.17) is 20.8 Å². The summed E-state index contributed by atoms with van der Waals surface area (Å²) >= 11 is 6.47. The van der Waals surface area contributed by atoms with E-state index < -0.39 is 29.8 Å². The molecule has 0 spiro atoms. The molecule has 5 rings (SSSR count). The monoisotopic (exact) mass is 529 g/mol. The first-order valence-corrected chi connectivity index (χ1v) is 13.0. The number of fused-ring (bicyclic) bond motifs is 1. The normalized spacial score (nSPS) is 22.1. The molecule has 196 valence electrons. The predicted octanol–water partition coefficient (Wildman–Crippen LogP) is 5.72. The van der Waals surface area contributed by atoms with E-state index in [2.05, 4.69) is 10.3 Å². The number of carbonyl (C=O) groups is 2. The highest BCUT2D eigenvalue weighted by atomic mass is 35.5. The molecule has 10 heteroatoms. The molecule has 1 aliphatic heterocycles. The highest BCUT2D eigenvalue weighted by Gasteiger charge is 2.48. The Hall–Kier alpha value is -3.01. The smallest absolute Gasteiger partial charge is 0.330 e. The molecule has 0 bridgehead atoms. The Balaban J connectivity index is 1.28. The Bertz CT molecular complexity index is 1250. The SMILES string of the molecule is O=C(Cc1ccc(Nc2nc3ccccc3o2)c(Cl)c1)C(F)(O[C@H]1CC[C@H](C(=O)O)CC1)N1CCCC1. The van der Waals surface area contributed by atoms with Crippen LogP contribution in [0.2, 0.25) is 5.02 Å². The first-order valence-electron chi connectivity index (χ1n) is 12.6. The number of halogens is 2. The molecule has 2 aliphatic rings. The van der Waals surface area contributed by atoms with Crippen LogP contribution in [0.25, 0.3) is 11.1 Å². The molecule has 0 radical (unpaired) electrons. The van der Waals surface area contributed by atoms with E-state index in [9.17, 15) is 14.7 Å². The van der Waals surface area contributed by atoms with Gasteiger partial charge >= 0.3 is 11.9 Å². The lowest BCUT2D eigenvalue weighted by Gasteiger charge is -2.37. The third kappa shape index (κ3) is 5.63. The first-order chi connectivity index (χ1) is 17.8. The molecule has 2 heterocycles. The summed E-state index contributed by atoms with van der Waals surface area (Å²) in [5.41, 5.74) is 2.45. The van der Waals surface area contributed by atoms with Crippen molar-refractivity contribution in [3.63, 3.8) is 0 Å². The van der Waals surface area contributed by atoms with Crippen LogP contribution in [-0.2, 0) is 20.7 Å². The van der Waals surface area contributed by atoms with Gasteiger partial charge in [0.25, 0.3) is 6.01 Å². The summed E-state index contributed by atoms with van der Waals surface area (Å²) in [5, 5.41) is 12.6. The molecule has 1 atom stereocenters. The topological polar surface area (TPSA) is 105 Å². The van der Waals surface area contributed by atoms with Gasteiger partial charge in [0, 0.05) is 19.5 Å². The van der Waals surface area contributed by atoms with Gasteiger partial charge in [-0.15, -0.1) is 0 Å². The van der Waals surface area contributed by atoms with Crippen molar-refractivity contribution in [1.82, 2.24) is 9.88 Å². The average molecular weight is 530 g/mol. The number of hydrogen-bond acceptors (Lipinski definition) is 7. The lowest BCUT2D eigenvalue weighted by atomic mass is 9.87. The highest BCUT2D eigenvalue weighted by molar-refractivity contribution is 6.33. The number of oxazole rings is 1. The Morgan fingerprint density at radius 3 is 2.57 bits per heavy atom. The van der Waals surface area contributed by atoms with Crippen LogP contribution < -0.4 is 5.32 Å². The molecule has 2 aromatic carbocycles. The van der Waals surface area contributed by atoms with E-state index in [-0.39, 0.29) is 12.4 Å². The fraction of sp³-hybridized carbons (Fsp3) is 0.444. The van der Waals surface area contributed by atoms with E-state index in [1.807, 2.05) is 24.3 Å². The maximum absolute atomic E-state index is 16.4. The standard InChI is InChI=1S/C27H29ClFN3O5/c28-20-15-17(7-12-21(20)30-26-31-22-5-1-2-6-23(22)36-26)16-24(33)27(29,32-13-3-4-14-32)37-19-10-8-18(9-11-19)25(34)35/h1-2,5-7,12,15,18-19H,3-4,8-11,13-14,16H2,(H,30,31)(H,34,35)/t18-,19-,27?. The molecule has 1 saturated heterocycles. The molecule has 8 nitrogen and oxygen atoms in total. The predicted molar refractivity (Wildman–Crippen MR) is 137 cm³/mol. The summed E-state index contributed by atoms with van der Waals surface area (Å²) in [6.07, 6.45) is 2.52. The molecule has 1 aromatic heterocycles. The lowest BCUT2D eigenvalue weighted by Crippen LogP contribution is -2.54. The van der Waals surface area contributed by atoms with Gasteiger partial charge in [-0.25, -0.2) is 4.90 Å². The average Bonchev–Trinajstić information content (AvgIpc) is 3.56. The Labute approximate surface area is 218 Å². The quantitative estimate of drug-likeness (QED) is 0.339. The van der Waals surface area contributed by atoms with Crippen LogP contribution in [0, 0.1) is 5.92 Å². The molecule has 2 fully saturated rings. The van der Waals surface area contributed by atoms with Gasteiger partial charge in [0.05, 0.1) is 22.7 Å². The van der Waals surface area contributed by atoms with Gasteiger partial charge in [0.15, 0.2) is 5.58 Å². The van der Waals surface area contributed by atoms with Gasteiger partial charge in [-0.1, -0.05) is 29.8 Å². The number of benzene rings is 2. The summed E-state index contributed by atoms with van der Waals surface area (Å²) < 4.78 is 27.9. The van der Waals surface area contributed by atoms with Gasteiger partial charge in [0.1, 0.15) is 5.52 Å². The minimum absolute atomic E-state index is 0.194. The lowest BCUT2D eigenvalue weighted by molar-refractivity contribution is -0.252. The van der Waals surface area contributed by atoms with E-state index in [1.165, 1.54) is 4.90 Å². The number of anilines is 2. The molecule has 37 heavy (non-hydrogen) atoms. The maximum atomic E-state index is 16.4. The number of nitrogens with one attached hydrogen (secondary N) is 1. The zero-order valence-electron chi connectivity index (χ0n) is 20.3. The van der Waals surface area contributed by atoms with Gasteiger partial charge in [-0.05, 0) is 68.4 Å². The van der Waals surface area contributed by atoms with Crippen molar-refractivity contribution in [3.8, 4) is 0 Å². The molecular formula is C27H29ClFN3O5. The van der Waals surface area contributed by atoms with Crippen molar-refractivity contribution in [2.75, 3.05) is 18.4 Å². The van der Waals surface area contributed by atoms with Crippen LogP contribution in [-0.4, -0.2) is 51.9 Å². The van der Waals surface area contributed by atoms with Crippen molar-refractivity contribution in [2.45, 2.75) is 57.0 Å². The number of likely N-dealkylation sites (tertiary alicyclic amines) is 1. The van der Waals surface area contributed by atoms with Crippen LogP contribution >= 0.6 is 11.6 Å². The molecule has 2 N–H and O–H groups in total. The number of carbonyl (C=O) groups excluding carboxylic acids is 1. The summed E-state index contributed by atoms with van der Waals surface area (Å²) in [6.45, 7) is 0.863. The number of hydrogen-bond donors (Lipinski definition) is 2. The number of ether oxygens (including phenoxy) is 1. The number of rotatable bonds is 9. The van der Waals surface area contributed by atoms with E-state index >= 15 is 4.39 Å². The number of carboxylic acids is 1. The van der Waals surface area contributed by atoms with E-state index in [0.29, 0.717) is 66.1 Å².